The van der Waals surface area contributed by atoms with E-state index in [0.29, 0.717) is 6.16 Å². The molecule has 0 spiro atoms. The normalized spacial score (nSPS) is 11.6. The second kappa shape index (κ2) is 4.70. The lowest BCUT2D eigenvalue weighted by molar-refractivity contribution is 0.465. The summed E-state index contributed by atoms with van der Waals surface area (Å²) in [5.74, 6) is 0. The summed E-state index contributed by atoms with van der Waals surface area (Å²) in [5, 5.41) is 0. The predicted octanol–water partition coefficient (Wildman–Crippen LogP) is 1.80. The number of hydrogen-bond donors (Lipinski definition) is 0. The fourth-order valence-corrected chi connectivity index (χ4v) is 0.572. The zero-order chi connectivity index (χ0) is 6.41. The lowest BCUT2D eigenvalue weighted by Gasteiger charge is -1.91. The van der Waals surface area contributed by atoms with Crippen molar-refractivity contribution in [3.63, 3.8) is 0 Å². The van der Waals surface area contributed by atoms with Gasteiger partial charge in [-0.15, -0.1) is 0 Å². The molecule has 1 unspecified atom stereocenters. The van der Waals surface area contributed by atoms with Crippen molar-refractivity contribution >= 4 is 8.03 Å². The molecule has 8 heavy (non-hydrogen) atoms. The maximum absolute atomic E-state index is 10.4. The predicted molar refractivity (Wildman–Crippen MR) is 34.3 cm³/mol. The van der Waals surface area contributed by atoms with Crippen LogP contribution in [0.1, 0.15) is 6.92 Å². The van der Waals surface area contributed by atoms with Gasteiger partial charge in [-0.05, 0) is 0 Å². The zero-order valence-corrected chi connectivity index (χ0v) is 5.81. The first-order chi connectivity index (χ1) is 3.81. The van der Waals surface area contributed by atoms with E-state index in [1.54, 1.807) is 6.92 Å². The molecule has 0 saturated heterocycles. The fraction of sp³-hybridized carbons (Fsp3) is 0.400. The fourth-order valence-electron chi connectivity index (χ4n) is 0.191. The Morgan fingerprint density at radius 3 is 3.00 bits per heavy atom. The van der Waals surface area contributed by atoms with Gasteiger partial charge in [-0.3, -0.25) is 4.57 Å². The highest BCUT2D eigenvalue weighted by molar-refractivity contribution is 7.39. The van der Waals surface area contributed by atoms with E-state index in [9.17, 15) is 4.57 Å². The Balaban J connectivity index is 3.39. The van der Waals surface area contributed by atoms with Crippen LogP contribution in [0.2, 0.25) is 0 Å². The molecule has 0 saturated carbocycles. The minimum absolute atomic E-state index is 0.572. The average molecular weight is 132 g/mol. The van der Waals surface area contributed by atoms with Crippen LogP contribution in [0.3, 0.4) is 0 Å². The highest BCUT2D eigenvalue weighted by atomic mass is 31.1. The molecule has 0 aliphatic carbocycles. The Bertz CT molecular complexity index is 124. The second-order valence-corrected chi connectivity index (χ2v) is 2.85. The molecule has 0 fully saturated rings. The van der Waals surface area contributed by atoms with Crippen LogP contribution >= 0.6 is 8.03 Å². The first-order valence-electron chi connectivity index (χ1n) is 2.35. The molecule has 0 aromatic rings. The Labute approximate surface area is 49.7 Å². The third kappa shape index (κ3) is 3.73. The summed E-state index contributed by atoms with van der Waals surface area (Å²) in [5.41, 5.74) is 2.36. The van der Waals surface area contributed by atoms with Gasteiger partial charge >= 0.3 is 0 Å². The van der Waals surface area contributed by atoms with Crippen molar-refractivity contribution < 1.29 is 9.09 Å². The first-order valence-corrected chi connectivity index (χ1v) is 3.87. The maximum Gasteiger partial charge on any atom is 0.236 e. The van der Waals surface area contributed by atoms with E-state index in [4.69, 9.17) is 0 Å². The monoisotopic (exact) mass is 132 g/mol. The van der Waals surface area contributed by atoms with E-state index < -0.39 is 8.03 Å². The van der Waals surface area contributed by atoms with Crippen molar-refractivity contribution in [2.24, 2.45) is 0 Å². The van der Waals surface area contributed by atoms with Gasteiger partial charge < -0.3 is 4.52 Å². The van der Waals surface area contributed by atoms with Gasteiger partial charge in [0.15, 0.2) is 0 Å². The summed E-state index contributed by atoms with van der Waals surface area (Å²) in [6, 6.07) is 0. The quantitative estimate of drug-likeness (QED) is 0.332. The van der Waals surface area contributed by atoms with E-state index in [2.05, 4.69) is 16.8 Å². The van der Waals surface area contributed by atoms with Gasteiger partial charge in [-0.1, -0.05) is 19.2 Å². The Hall–Kier alpha value is -0.450. The Morgan fingerprint density at radius 1 is 2.00 bits per heavy atom. The van der Waals surface area contributed by atoms with E-state index in [-0.39, 0.29) is 0 Å². The van der Waals surface area contributed by atoms with Crippen LogP contribution < -0.4 is 0 Å². The highest BCUT2D eigenvalue weighted by Gasteiger charge is 1.86. The van der Waals surface area contributed by atoms with Crippen LogP contribution in [0.15, 0.2) is 18.6 Å². The smallest absolute Gasteiger partial charge is 0.236 e. The molecule has 0 rings (SSSR count). The van der Waals surface area contributed by atoms with Crippen molar-refractivity contribution in [1.82, 2.24) is 0 Å². The van der Waals surface area contributed by atoms with Crippen molar-refractivity contribution in [2.75, 3.05) is 6.16 Å². The van der Waals surface area contributed by atoms with Gasteiger partial charge in [0.2, 0.25) is 8.03 Å². The third-order valence-electron chi connectivity index (χ3n) is 0.562. The lowest BCUT2D eigenvalue weighted by atomic mass is 11.0. The average Bonchev–Trinajstić information content (AvgIpc) is 1.83. The van der Waals surface area contributed by atoms with Crippen LogP contribution in [0.4, 0.5) is 0 Å². The summed E-state index contributed by atoms with van der Waals surface area (Å²) in [6.45, 7) is 5.04. The van der Waals surface area contributed by atoms with Crippen molar-refractivity contribution in [2.45, 2.75) is 6.92 Å². The van der Waals surface area contributed by atoms with Gasteiger partial charge in [0, 0.05) is 6.16 Å². The molecule has 0 amide bonds. The van der Waals surface area contributed by atoms with Gasteiger partial charge in [0.1, 0.15) is 6.26 Å². The summed E-state index contributed by atoms with van der Waals surface area (Å²) in [7, 11) is -1.80. The zero-order valence-electron chi connectivity index (χ0n) is 4.81. The van der Waals surface area contributed by atoms with E-state index in [0.717, 1.165) is 0 Å². The van der Waals surface area contributed by atoms with Crippen LogP contribution in [-0.4, -0.2) is 6.16 Å². The molecular formula is C5H9O2P. The largest absolute Gasteiger partial charge is 0.444 e. The van der Waals surface area contributed by atoms with Gasteiger partial charge in [-0.25, -0.2) is 0 Å². The molecule has 0 bridgehead atoms. The van der Waals surface area contributed by atoms with Crippen LogP contribution in [0.5, 0.6) is 0 Å². The van der Waals surface area contributed by atoms with E-state index >= 15 is 0 Å². The van der Waals surface area contributed by atoms with E-state index in [1.165, 1.54) is 6.26 Å². The topological polar surface area (TPSA) is 26.3 Å². The molecule has 0 aromatic carbocycles. The molecule has 2 nitrogen and oxygen atoms in total. The van der Waals surface area contributed by atoms with Crippen molar-refractivity contribution in [3.05, 3.63) is 18.6 Å². The SMILES string of the molecule is C=C=CO[PH](=O)CC. The van der Waals surface area contributed by atoms with Crippen molar-refractivity contribution in [1.29, 1.82) is 0 Å². The summed E-state index contributed by atoms with van der Waals surface area (Å²) >= 11 is 0. The molecule has 0 heterocycles. The standard InChI is InChI=1S/C5H9O2P/c1-3-5-7-8(6)4-2/h5,8H,1,4H2,2H3. The molecule has 0 aromatic heterocycles. The number of rotatable bonds is 3. The molecule has 0 aliphatic heterocycles. The first kappa shape index (κ1) is 7.55. The maximum atomic E-state index is 10.4. The summed E-state index contributed by atoms with van der Waals surface area (Å²) in [6.07, 6.45) is 1.80. The molecule has 1 atom stereocenters. The van der Waals surface area contributed by atoms with E-state index in [1.807, 2.05) is 0 Å². The Morgan fingerprint density at radius 2 is 2.62 bits per heavy atom. The minimum atomic E-state index is -1.80. The Kier molecular flexibility index (Phi) is 4.44. The van der Waals surface area contributed by atoms with Gasteiger partial charge in [0.25, 0.3) is 0 Å². The molecule has 0 aliphatic rings. The minimum Gasteiger partial charge on any atom is -0.444 e. The van der Waals surface area contributed by atoms with Crippen LogP contribution in [0.25, 0.3) is 0 Å². The molecular weight excluding hydrogens is 123 g/mol. The summed E-state index contributed by atoms with van der Waals surface area (Å²) < 4.78 is 15.0. The molecule has 46 valence electrons. The number of hydrogen-bond acceptors (Lipinski definition) is 2. The molecule has 3 heteroatoms. The summed E-state index contributed by atoms with van der Waals surface area (Å²) in [4.78, 5) is 0. The van der Waals surface area contributed by atoms with Crippen LogP contribution in [0, 0.1) is 0 Å². The van der Waals surface area contributed by atoms with Gasteiger partial charge in [0.05, 0.1) is 0 Å². The van der Waals surface area contributed by atoms with Crippen molar-refractivity contribution in [3.8, 4) is 0 Å². The van der Waals surface area contributed by atoms with Crippen LogP contribution in [-0.2, 0) is 9.09 Å². The lowest BCUT2D eigenvalue weighted by Crippen LogP contribution is -1.66. The second-order valence-electron chi connectivity index (χ2n) is 1.17. The molecule has 0 N–H and O–H groups in total. The highest BCUT2D eigenvalue weighted by Crippen LogP contribution is 2.20. The third-order valence-corrected chi connectivity index (χ3v) is 1.52. The molecule has 0 radical (unpaired) electrons. The van der Waals surface area contributed by atoms with Gasteiger partial charge in [-0.2, -0.15) is 0 Å².